The number of ketones is 2. The number of carbonyl (C=O) groups excluding carboxylic acids is 3. The highest BCUT2D eigenvalue weighted by Crippen LogP contribution is 2.29. The molecule has 3 N–H and O–H groups in total. The van der Waals surface area contributed by atoms with Crippen molar-refractivity contribution in [1.82, 2.24) is 15.6 Å². The number of rotatable bonds is 8. The van der Waals surface area contributed by atoms with Gasteiger partial charge in [-0.05, 0) is 30.3 Å². The van der Waals surface area contributed by atoms with E-state index in [-0.39, 0.29) is 41.2 Å². The Morgan fingerprint density at radius 1 is 0.973 bits per heavy atom. The standard InChI is InChI=1S/C26H22F3N3O5/c27-26(28,29)37-19-5-6-22(33)20(12-19)24(35)16-3-1-15(2-4-16)23(34)11-18-13-31-14-21(18)32-25(36)17-7-9-30-10-8-17/h1-10,12,18,21,31,33H,11,13-14H2,(H,32,36)/t18-,21-/m1/s1. The van der Waals surface area contributed by atoms with Crippen molar-refractivity contribution in [2.75, 3.05) is 13.1 Å². The Balaban J connectivity index is 1.41. The van der Waals surface area contributed by atoms with E-state index >= 15 is 0 Å². The van der Waals surface area contributed by atoms with Gasteiger partial charge in [0.1, 0.15) is 11.5 Å². The number of aromatic hydroxyl groups is 1. The normalized spacial score (nSPS) is 17.3. The SMILES string of the molecule is O=C(C[C@@H]1CNC[C@H]1NC(=O)c1ccncc1)c1ccc(C(=O)c2cc(OC(F)(F)F)ccc2O)cc1. The van der Waals surface area contributed by atoms with Crippen molar-refractivity contribution in [3.05, 3.63) is 89.2 Å². The summed E-state index contributed by atoms with van der Waals surface area (Å²) in [6.07, 6.45) is -1.76. The van der Waals surface area contributed by atoms with E-state index in [4.69, 9.17) is 0 Å². The van der Waals surface area contributed by atoms with E-state index in [1.54, 1.807) is 12.1 Å². The van der Waals surface area contributed by atoms with Crippen LogP contribution in [0.15, 0.2) is 67.0 Å². The fourth-order valence-corrected chi connectivity index (χ4v) is 4.08. The van der Waals surface area contributed by atoms with Crippen LogP contribution in [0.3, 0.4) is 0 Å². The third kappa shape index (κ3) is 6.50. The Kier molecular flexibility index (Phi) is 7.53. The van der Waals surface area contributed by atoms with E-state index in [1.807, 2.05) is 0 Å². The van der Waals surface area contributed by atoms with Crippen molar-refractivity contribution < 1.29 is 37.4 Å². The molecule has 0 unspecified atom stereocenters. The summed E-state index contributed by atoms with van der Waals surface area (Å²) in [5.41, 5.74) is 0.501. The van der Waals surface area contributed by atoms with Crippen LogP contribution in [0.1, 0.15) is 43.1 Å². The number of nitrogens with zero attached hydrogens (tertiary/aromatic N) is 1. The van der Waals surface area contributed by atoms with Gasteiger partial charge in [0.2, 0.25) is 0 Å². The average Bonchev–Trinajstić information content (AvgIpc) is 3.30. The van der Waals surface area contributed by atoms with E-state index in [0.29, 0.717) is 24.2 Å². The molecular weight excluding hydrogens is 491 g/mol. The lowest BCUT2D eigenvalue weighted by Crippen LogP contribution is -2.41. The number of phenols is 1. The Bertz CT molecular complexity index is 1300. The van der Waals surface area contributed by atoms with E-state index in [9.17, 15) is 32.7 Å². The maximum atomic E-state index is 12.9. The minimum Gasteiger partial charge on any atom is -0.507 e. The predicted octanol–water partition coefficient (Wildman–Crippen LogP) is 3.51. The zero-order valence-electron chi connectivity index (χ0n) is 19.3. The number of amides is 1. The molecular formula is C26H22F3N3O5. The quantitative estimate of drug-likeness (QED) is 0.395. The topological polar surface area (TPSA) is 118 Å². The summed E-state index contributed by atoms with van der Waals surface area (Å²) in [5.74, 6) is -2.48. The third-order valence-corrected chi connectivity index (χ3v) is 5.96. The molecule has 3 aromatic rings. The molecule has 4 rings (SSSR count). The summed E-state index contributed by atoms with van der Waals surface area (Å²) in [5, 5.41) is 16.1. The average molecular weight is 513 g/mol. The number of pyridine rings is 1. The number of carbonyl (C=O) groups is 3. The summed E-state index contributed by atoms with van der Waals surface area (Å²) >= 11 is 0. The molecule has 37 heavy (non-hydrogen) atoms. The van der Waals surface area contributed by atoms with Crippen LogP contribution in [-0.4, -0.2) is 53.1 Å². The molecule has 0 aliphatic carbocycles. The van der Waals surface area contributed by atoms with E-state index in [2.05, 4.69) is 20.4 Å². The Morgan fingerprint density at radius 3 is 2.32 bits per heavy atom. The van der Waals surface area contributed by atoms with Gasteiger partial charge in [0.25, 0.3) is 5.91 Å². The zero-order valence-corrected chi connectivity index (χ0v) is 19.3. The van der Waals surface area contributed by atoms with Gasteiger partial charge in [0.05, 0.1) is 5.56 Å². The first-order chi connectivity index (χ1) is 17.6. The number of benzene rings is 2. The van der Waals surface area contributed by atoms with Crippen molar-refractivity contribution in [3.63, 3.8) is 0 Å². The Labute approximate surface area is 209 Å². The van der Waals surface area contributed by atoms with Crippen LogP contribution in [0, 0.1) is 5.92 Å². The smallest absolute Gasteiger partial charge is 0.507 e. The largest absolute Gasteiger partial charge is 0.573 e. The van der Waals surface area contributed by atoms with Gasteiger partial charge in [0.15, 0.2) is 11.6 Å². The monoisotopic (exact) mass is 513 g/mol. The minimum absolute atomic E-state index is 0.0704. The summed E-state index contributed by atoms with van der Waals surface area (Å²) in [6.45, 7) is 1.06. The number of halogens is 3. The Morgan fingerprint density at radius 2 is 1.65 bits per heavy atom. The first kappa shape index (κ1) is 25.8. The molecule has 192 valence electrons. The highest BCUT2D eigenvalue weighted by molar-refractivity contribution is 6.11. The molecule has 8 nitrogen and oxygen atoms in total. The predicted molar refractivity (Wildman–Crippen MR) is 125 cm³/mol. The number of aromatic nitrogens is 1. The second-order valence-corrected chi connectivity index (χ2v) is 8.49. The lowest BCUT2D eigenvalue weighted by Gasteiger charge is -2.19. The number of nitrogens with one attached hydrogen (secondary N) is 2. The molecule has 1 amide bonds. The van der Waals surface area contributed by atoms with Gasteiger partial charge in [-0.2, -0.15) is 0 Å². The van der Waals surface area contributed by atoms with Gasteiger partial charge in [-0.1, -0.05) is 24.3 Å². The van der Waals surface area contributed by atoms with Gasteiger partial charge in [-0.25, -0.2) is 0 Å². The van der Waals surface area contributed by atoms with Crippen LogP contribution in [0.5, 0.6) is 11.5 Å². The molecule has 0 saturated carbocycles. The van der Waals surface area contributed by atoms with Crippen LogP contribution >= 0.6 is 0 Å². The third-order valence-electron chi connectivity index (χ3n) is 5.96. The van der Waals surface area contributed by atoms with E-state index in [0.717, 1.165) is 18.2 Å². The summed E-state index contributed by atoms with van der Waals surface area (Å²) in [4.78, 5) is 42.0. The molecule has 2 heterocycles. The molecule has 1 fully saturated rings. The van der Waals surface area contributed by atoms with Crippen molar-refractivity contribution >= 4 is 17.5 Å². The molecule has 0 bridgehead atoms. The van der Waals surface area contributed by atoms with Gasteiger partial charge >= 0.3 is 6.36 Å². The molecule has 1 aliphatic heterocycles. The van der Waals surface area contributed by atoms with Crippen LogP contribution in [-0.2, 0) is 0 Å². The summed E-state index contributed by atoms with van der Waals surface area (Å²) < 4.78 is 41.3. The minimum atomic E-state index is -4.95. The van der Waals surface area contributed by atoms with Crippen molar-refractivity contribution in [2.24, 2.45) is 5.92 Å². The van der Waals surface area contributed by atoms with Gasteiger partial charge in [0, 0.05) is 60.6 Å². The van der Waals surface area contributed by atoms with Crippen molar-refractivity contribution in [1.29, 1.82) is 0 Å². The zero-order chi connectivity index (χ0) is 26.6. The second kappa shape index (κ2) is 10.8. The number of ether oxygens (including phenoxy) is 1. The van der Waals surface area contributed by atoms with Gasteiger partial charge in [-0.3, -0.25) is 19.4 Å². The number of Topliss-reactive ketones (excluding diaryl/α,β-unsaturated/α-hetero) is 1. The van der Waals surface area contributed by atoms with Gasteiger partial charge < -0.3 is 20.5 Å². The number of alkyl halides is 3. The highest BCUT2D eigenvalue weighted by atomic mass is 19.4. The lowest BCUT2D eigenvalue weighted by atomic mass is 9.93. The van der Waals surface area contributed by atoms with E-state index in [1.165, 1.54) is 36.7 Å². The highest BCUT2D eigenvalue weighted by Gasteiger charge is 2.32. The molecule has 1 saturated heterocycles. The fourth-order valence-electron chi connectivity index (χ4n) is 4.08. The van der Waals surface area contributed by atoms with Crippen LogP contribution in [0.25, 0.3) is 0 Å². The second-order valence-electron chi connectivity index (χ2n) is 8.49. The molecule has 0 spiro atoms. The first-order valence-corrected chi connectivity index (χ1v) is 11.3. The maximum absolute atomic E-state index is 12.9. The molecule has 1 aliphatic rings. The maximum Gasteiger partial charge on any atom is 0.573 e. The van der Waals surface area contributed by atoms with Crippen molar-refractivity contribution in [3.8, 4) is 11.5 Å². The Hall–Kier alpha value is -4.25. The number of phenolic OH excluding ortho intramolecular Hbond substituents is 1. The number of hydrogen-bond acceptors (Lipinski definition) is 7. The van der Waals surface area contributed by atoms with E-state index < -0.39 is 23.6 Å². The molecule has 0 radical (unpaired) electrons. The molecule has 2 atom stereocenters. The molecule has 2 aromatic carbocycles. The van der Waals surface area contributed by atoms with Crippen LogP contribution < -0.4 is 15.4 Å². The first-order valence-electron chi connectivity index (χ1n) is 11.3. The van der Waals surface area contributed by atoms with Crippen molar-refractivity contribution in [2.45, 2.75) is 18.8 Å². The summed E-state index contributed by atoms with van der Waals surface area (Å²) in [6, 6.07) is 11.2. The fraction of sp³-hybridized carbons (Fsp3) is 0.231. The van der Waals surface area contributed by atoms with Gasteiger partial charge in [-0.15, -0.1) is 13.2 Å². The van der Waals surface area contributed by atoms with Crippen LogP contribution in [0.2, 0.25) is 0 Å². The molecule has 1 aromatic heterocycles. The van der Waals surface area contributed by atoms with Crippen LogP contribution in [0.4, 0.5) is 13.2 Å². The lowest BCUT2D eigenvalue weighted by molar-refractivity contribution is -0.274. The number of hydrogen-bond donors (Lipinski definition) is 3. The summed E-state index contributed by atoms with van der Waals surface area (Å²) in [7, 11) is 0. The molecule has 11 heteroatoms.